The van der Waals surface area contributed by atoms with Crippen LogP contribution in [-0.2, 0) is 16.0 Å². The lowest BCUT2D eigenvalue weighted by atomic mass is 9.84. The first kappa shape index (κ1) is 36.3. The highest BCUT2D eigenvalue weighted by molar-refractivity contribution is 6.30. The highest BCUT2D eigenvalue weighted by Gasteiger charge is 2.48. The molecule has 5 fully saturated rings. The smallest absolute Gasteiger partial charge is 0.410 e. The quantitative estimate of drug-likeness (QED) is 0.283. The Labute approximate surface area is 299 Å². The number of carbonyl (C=O) groups excluding carboxylic acids is 3. The Balaban J connectivity index is 1.11. The summed E-state index contributed by atoms with van der Waals surface area (Å²) >= 11 is 6.22. The van der Waals surface area contributed by atoms with Gasteiger partial charge in [0.15, 0.2) is 0 Å². The number of rotatable bonds is 9. The molecule has 5 aliphatic rings. The van der Waals surface area contributed by atoms with E-state index in [9.17, 15) is 14.4 Å². The SMILES string of the molecule is CCN(C(=O)NC1C[C@H]2CC[C@H](C1)N2C(=O)[C@@H](Cc1ccc(Cl)cc1)NC1CC2CCC(C1)N2C(=O)OC(C)(C)C)[C@H](C)C1CCCCC1. The summed E-state index contributed by atoms with van der Waals surface area (Å²) in [5.74, 6) is 0.746. The highest BCUT2D eigenvalue weighted by atomic mass is 35.5. The molecule has 10 heteroatoms. The molecule has 0 aromatic heterocycles. The van der Waals surface area contributed by atoms with Gasteiger partial charge in [0.05, 0.1) is 6.04 Å². The number of carbonyl (C=O) groups is 3. The van der Waals surface area contributed by atoms with Crippen molar-refractivity contribution in [2.45, 2.75) is 178 Å². The molecule has 4 amide bonds. The second kappa shape index (κ2) is 15.4. The fourth-order valence-electron chi connectivity index (χ4n) is 9.86. The van der Waals surface area contributed by atoms with Crippen LogP contribution in [0.25, 0.3) is 0 Å². The van der Waals surface area contributed by atoms with Crippen LogP contribution in [0.4, 0.5) is 9.59 Å². The third-order valence-corrected chi connectivity index (χ3v) is 12.4. The highest BCUT2D eigenvalue weighted by Crippen LogP contribution is 2.39. The van der Waals surface area contributed by atoms with Gasteiger partial charge in [-0.05, 0) is 129 Å². The number of nitrogens with zero attached hydrogens (tertiary/aromatic N) is 3. The first-order valence-corrected chi connectivity index (χ1v) is 19.7. The van der Waals surface area contributed by atoms with E-state index in [1.165, 1.54) is 32.1 Å². The molecule has 0 spiro atoms. The predicted molar refractivity (Wildman–Crippen MR) is 194 cm³/mol. The van der Waals surface area contributed by atoms with Crippen molar-refractivity contribution in [3.05, 3.63) is 34.9 Å². The number of fused-ring (bicyclic) bond motifs is 4. The summed E-state index contributed by atoms with van der Waals surface area (Å²) in [4.78, 5) is 47.5. The van der Waals surface area contributed by atoms with Gasteiger partial charge >= 0.3 is 12.1 Å². The molecule has 6 rings (SSSR count). The van der Waals surface area contributed by atoms with Gasteiger partial charge in [0.2, 0.25) is 5.91 Å². The zero-order chi connectivity index (χ0) is 34.9. The van der Waals surface area contributed by atoms with Gasteiger partial charge in [-0.2, -0.15) is 0 Å². The number of benzene rings is 1. The Morgan fingerprint density at radius 3 is 1.96 bits per heavy atom. The van der Waals surface area contributed by atoms with E-state index < -0.39 is 5.60 Å². The van der Waals surface area contributed by atoms with Crippen molar-refractivity contribution in [1.82, 2.24) is 25.3 Å². The number of piperidine rings is 2. The van der Waals surface area contributed by atoms with Gasteiger partial charge in [-0.25, -0.2) is 9.59 Å². The molecule has 6 atom stereocenters. The molecule has 4 heterocycles. The Morgan fingerprint density at radius 1 is 0.857 bits per heavy atom. The van der Waals surface area contributed by atoms with E-state index in [4.69, 9.17) is 16.3 Å². The number of amides is 4. The van der Waals surface area contributed by atoms with Crippen LogP contribution in [0.3, 0.4) is 0 Å². The third kappa shape index (κ3) is 8.52. The number of hydrogen-bond donors (Lipinski definition) is 2. The topological polar surface area (TPSA) is 94.2 Å². The predicted octanol–water partition coefficient (Wildman–Crippen LogP) is 7.29. The van der Waals surface area contributed by atoms with E-state index >= 15 is 0 Å². The zero-order valence-electron chi connectivity index (χ0n) is 30.5. The average Bonchev–Trinajstić information content (AvgIpc) is 3.49. The van der Waals surface area contributed by atoms with E-state index in [1.54, 1.807) is 0 Å². The zero-order valence-corrected chi connectivity index (χ0v) is 31.2. The monoisotopic (exact) mass is 697 g/mol. The summed E-state index contributed by atoms with van der Waals surface area (Å²) in [6.07, 6.45) is 13.8. The molecule has 1 saturated carbocycles. The summed E-state index contributed by atoms with van der Waals surface area (Å²) in [5, 5.41) is 7.92. The van der Waals surface area contributed by atoms with Gasteiger partial charge in [-0.1, -0.05) is 43.0 Å². The average molecular weight is 698 g/mol. The van der Waals surface area contributed by atoms with Gasteiger partial charge in [-0.3, -0.25) is 4.79 Å². The number of hydrogen-bond acceptors (Lipinski definition) is 5. The number of nitrogens with one attached hydrogen (secondary N) is 2. The van der Waals surface area contributed by atoms with Crippen LogP contribution >= 0.6 is 11.6 Å². The molecule has 1 aromatic carbocycles. The molecule has 1 aromatic rings. The Kier molecular flexibility index (Phi) is 11.4. The second-order valence-corrected chi connectivity index (χ2v) is 17.1. The van der Waals surface area contributed by atoms with Crippen molar-refractivity contribution in [2.75, 3.05) is 6.54 Å². The van der Waals surface area contributed by atoms with Gasteiger partial charge in [-0.15, -0.1) is 0 Å². The summed E-state index contributed by atoms with van der Waals surface area (Å²) < 4.78 is 5.77. The summed E-state index contributed by atoms with van der Waals surface area (Å²) in [6, 6.07) is 8.46. The molecular weight excluding hydrogens is 638 g/mol. The first-order chi connectivity index (χ1) is 23.4. The molecule has 0 radical (unpaired) electrons. The number of halogens is 1. The summed E-state index contributed by atoms with van der Waals surface area (Å²) in [7, 11) is 0. The number of ether oxygens (including phenoxy) is 1. The standard InChI is InChI=1S/C39H60ClN5O4/c1-6-43(25(2)27-10-8-7-9-11-27)37(47)42-30-23-31-16-17-32(24-30)44(31)36(46)35(20-26-12-14-28(40)15-13-26)41-29-21-33-18-19-34(22-29)45(33)38(48)49-39(3,4)5/h12-15,25,27,29-35,41H,6-11,16-24H2,1-5H3,(H,42,47)/t25-,29?,31-,32-,33?,34?,35-/m1/s1. The fraction of sp³-hybridized carbons (Fsp3) is 0.769. The van der Waals surface area contributed by atoms with Gasteiger partial charge < -0.3 is 30.1 Å². The van der Waals surface area contributed by atoms with Crippen LogP contribution in [0, 0.1) is 5.92 Å². The van der Waals surface area contributed by atoms with E-state index in [0.717, 1.165) is 56.9 Å². The minimum Gasteiger partial charge on any atom is -0.444 e. The fourth-order valence-corrected chi connectivity index (χ4v) is 9.99. The summed E-state index contributed by atoms with van der Waals surface area (Å²) in [6.45, 7) is 10.8. The van der Waals surface area contributed by atoms with Crippen molar-refractivity contribution >= 4 is 29.6 Å². The summed E-state index contributed by atoms with van der Waals surface area (Å²) in [5.41, 5.74) is 0.547. The van der Waals surface area contributed by atoms with Crippen molar-refractivity contribution < 1.29 is 19.1 Å². The van der Waals surface area contributed by atoms with Crippen LogP contribution in [0.2, 0.25) is 5.02 Å². The molecule has 9 nitrogen and oxygen atoms in total. The van der Waals surface area contributed by atoms with Crippen LogP contribution in [0.5, 0.6) is 0 Å². The molecule has 2 unspecified atom stereocenters. The lowest BCUT2D eigenvalue weighted by Gasteiger charge is -2.44. The molecule has 2 N–H and O–H groups in total. The van der Waals surface area contributed by atoms with Crippen LogP contribution in [0.1, 0.15) is 124 Å². The van der Waals surface area contributed by atoms with Crippen LogP contribution < -0.4 is 10.6 Å². The maximum absolute atomic E-state index is 14.6. The van der Waals surface area contributed by atoms with Crippen molar-refractivity contribution in [2.24, 2.45) is 5.92 Å². The Hall–Kier alpha value is -2.52. The van der Waals surface area contributed by atoms with Crippen LogP contribution in [0.15, 0.2) is 24.3 Å². The normalized spacial score (nSPS) is 29.8. The van der Waals surface area contributed by atoms with Crippen molar-refractivity contribution in [3.8, 4) is 0 Å². The second-order valence-electron chi connectivity index (χ2n) is 16.7. The van der Waals surface area contributed by atoms with E-state index in [-0.39, 0.29) is 66.4 Å². The molecule has 49 heavy (non-hydrogen) atoms. The van der Waals surface area contributed by atoms with Crippen LogP contribution in [-0.4, -0.2) is 93.2 Å². The maximum Gasteiger partial charge on any atom is 0.410 e. The van der Waals surface area contributed by atoms with Gasteiger partial charge in [0.1, 0.15) is 5.60 Å². The van der Waals surface area contributed by atoms with E-state index in [2.05, 4.69) is 29.4 Å². The van der Waals surface area contributed by atoms with Gasteiger partial charge in [0.25, 0.3) is 0 Å². The molecule has 272 valence electrons. The van der Waals surface area contributed by atoms with Crippen molar-refractivity contribution in [1.29, 1.82) is 0 Å². The molecule has 4 aliphatic heterocycles. The van der Waals surface area contributed by atoms with E-state index in [0.29, 0.717) is 23.9 Å². The Morgan fingerprint density at radius 2 is 1.41 bits per heavy atom. The molecule has 4 bridgehead atoms. The molecular formula is C39H60ClN5O4. The largest absolute Gasteiger partial charge is 0.444 e. The Bertz CT molecular complexity index is 1290. The third-order valence-electron chi connectivity index (χ3n) is 12.2. The molecule has 1 aliphatic carbocycles. The number of urea groups is 1. The minimum atomic E-state index is -0.528. The molecule has 4 saturated heterocycles. The van der Waals surface area contributed by atoms with Crippen molar-refractivity contribution in [3.63, 3.8) is 0 Å². The lowest BCUT2D eigenvalue weighted by Crippen LogP contribution is -2.61. The van der Waals surface area contributed by atoms with E-state index in [1.807, 2.05) is 54.8 Å². The lowest BCUT2D eigenvalue weighted by molar-refractivity contribution is -0.138. The first-order valence-electron chi connectivity index (χ1n) is 19.3. The van der Waals surface area contributed by atoms with Gasteiger partial charge in [0, 0.05) is 53.9 Å². The maximum atomic E-state index is 14.6. The minimum absolute atomic E-state index is 0.0550.